The second-order valence-corrected chi connectivity index (χ2v) is 7.50. The van der Waals surface area contributed by atoms with Crippen LogP contribution in [0.4, 0.5) is 0 Å². The topological polar surface area (TPSA) is 71.1 Å². The summed E-state index contributed by atoms with van der Waals surface area (Å²) in [7, 11) is 2.98. The van der Waals surface area contributed by atoms with E-state index in [1.165, 1.54) is 14.2 Å². The molecule has 0 saturated heterocycles. The Morgan fingerprint density at radius 3 is 2.52 bits per heavy atom. The van der Waals surface area contributed by atoms with Crippen LogP contribution in [-0.4, -0.2) is 38.9 Å². The number of rotatable bonds is 7. The Bertz CT molecular complexity index is 654. The summed E-state index contributed by atoms with van der Waals surface area (Å²) in [4.78, 5) is 24.5. The van der Waals surface area contributed by atoms with Crippen molar-refractivity contribution in [2.75, 3.05) is 20.8 Å². The van der Waals surface area contributed by atoms with Crippen molar-refractivity contribution in [1.29, 1.82) is 0 Å². The van der Waals surface area contributed by atoms with Crippen molar-refractivity contribution in [1.82, 2.24) is 0 Å². The van der Waals surface area contributed by atoms with Gasteiger partial charge in [-0.1, -0.05) is 27.2 Å². The Hall–Kier alpha value is -2.24. The van der Waals surface area contributed by atoms with Gasteiger partial charge in [0, 0.05) is 6.07 Å². The number of hydrogen-bond acceptors (Lipinski definition) is 6. The van der Waals surface area contributed by atoms with Crippen LogP contribution in [0.1, 0.15) is 50.4 Å². The van der Waals surface area contributed by atoms with E-state index in [1.54, 1.807) is 18.2 Å². The first-order valence-electron chi connectivity index (χ1n) is 9.44. The quantitative estimate of drug-likeness (QED) is 0.671. The van der Waals surface area contributed by atoms with E-state index in [0.29, 0.717) is 29.3 Å². The molecule has 0 N–H and O–H groups in total. The molecule has 6 nitrogen and oxygen atoms in total. The van der Waals surface area contributed by atoms with E-state index in [1.807, 2.05) is 0 Å². The molecule has 1 aromatic carbocycles. The van der Waals surface area contributed by atoms with Crippen LogP contribution in [0.5, 0.6) is 11.5 Å². The number of methoxy groups -OCH3 is 2. The van der Waals surface area contributed by atoms with Crippen molar-refractivity contribution in [3.05, 3.63) is 23.8 Å². The number of carbonyl (C=O) groups excluding carboxylic acids is 2. The maximum atomic E-state index is 12.3. The van der Waals surface area contributed by atoms with Crippen LogP contribution in [0.15, 0.2) is 18.2 Å². The molecule has 6 heteroatoms. The van der Waals surface area contributed by atoms with Crippen molar-refractivity contribution in [2.45, 2.75) is 46.1 Å². The fraction of sp³-hybridized carbons (Fsp3) is 0.619. The van der Waals surface area contributed by atoms with Crippen molar-refractivity contribution >= 4 is 11.9 Å². The summed E-state index contributed by atoms with van der Waals surface area (Å²) in [5.41, 5.74) is 0.234. The lowest BCUT2D eigenvalue weighted by molar-refractivity contribution is -0.159. The van der Waals surface area contributed by atoms with E-state index in [-0.39, 0.29) is 11.7 Å². The van der Waals surface area contributed by atoms with E-state index < -0.39 is 18.5 Å². The minimum atomic E-state index is -0.635. The minimum absolute atomic E-state index is 0.115. The number of ether oxygens (including phenoxy) is 4. The van der Waals surface area contributed by atoms with Crippen molar-refractivity contribution < 1.29 is 28.5 Å². The predicted molar refractivity (Wildman–Crippen MR) is 101 cm³/mol. The van der Waals surface area contributed by atoms with Gasteiger partial charge in [0.1, 0.15) is 23.2 Å². The van der Waals surface area contributed by atoms with Crippen LogP contribution in [-0.2, 0) is 14.3 Å². The van der Waals surface area contributed by atoms with Crippen LogP contribution in [0.25, 0.3) is 0 Å². The SMILES string of the molecule is COc1ccc(C(=O)OCC(=O)O[C@@H]2C[C@@H](C)CC[C@H]2C(C)C)c(OC)c1. The highest BCUT2D eigenvalue weighted by Gasteiger charge is 2.33. The number of carbonyl (C=O) groups is 2. The van der Waals surface area contributed by atoms with Gasteiger partial charge in [-0.05, 0) is 42.7 Å². The Kier molecular flexibility index (Phi) is 7.51. The molecule has 27 heavy (non-hydrogen) atoms. The number of benzene rings is 1. The van der Waals surface area contributed by atoms with Crippen LogP contribution in [0.2, 0.25) is 0 Å². The highest BCUT2D eigenvalue weighted by atomic mass is 16.6. The highest BCUT2D eigenvalue weighted by Crippen LogP contribution is 2.35. The maximum Gasteiger partial charge on any atom is 0.344 e. The Labute approximate surface area is 161 Å². The zero-order valence-corrected chi connectivity index (χ0v) is 16.8. The van der Waals surface area contributed by atoms with Gasteiger partial charge in [-0.2, -0.15) is 0 Å². The third kappa shape index (κ3) is 5.62. The molecular formula is C21H30O6. The monoisotopic (exact) mass is 378 g/mol. The molecule has 0 unspecified atom stereocenters. The molecular weight excluding hydrogens is 348 g/mol. The smallest absolute Gasteiger partial charge is 0.344 e. The Morgan fingerprint density at radius 2 is 1.89 bits per heavy atom. The molecule has 1 aliphatic rings. The van der Waals surface area contributed by atoms with Gasteiger partial charge >= 0.3 is 11.9 Å². The highest BCUT2D eigenvalue weighted by molar-refractivity contribution is 5.93. The standard InChI is InChI=1S/C21H30O6/c1-13(2)16-8-6-14(3)10-19(16)27-20(22)12-26-21(23)17-9-7-15(24-4)11-18(17)25-5/h7,9,11,13-14,16,19H,6,8,10,12H2,1-5H3/t14-,16-,19+/m0/s1. The normalized spacial score (nSPS) is 22.2. The molecule has 3 atom stereocenters. The Balaban J connectivity index is 1.93. The molecule has 0 aromatic heterocycles. The van der Waals surface area contributed by atoms with Gasteiger partial charge in [0.25, 0.3) is 0 Å². The number of hydrogen-bond donors (Lipinski definition) is 0. The summed E-state index contributed by atoms with van der Waals surface area (Å²) in [5, 5.41) is 0. The summed E-state index contributed by atoms with van der Waals surface area (Å²) in [6, 6.07) is 4.77. The zero-order chi connectivity index (χ0) is 20.0. The second kappa shape index (κ2) is 9.62. The van der Waals surface area contributed by atoms with Crippen molar-refractivity contribution in [2.24, 2.45) is 17.8 Å². The third-order valence-electron chi connectivity index (χ3n) is 5.19. The van der Waals surface area contributed by atoms with E-state index in [9.17, 15) is 9.59 Å². The molecule has 0 spiro atoms. The fourth-order valence-corrected chi connectivity index (χ4v) is 3.62. The first kappa shape index (κ1) is 21.1. The van der Waals surface area contributed by atoms with Gasteiger partial charge in [-0.25, -0.2) is 9.59 Å². The average molecular weight is 378 g/mol. The molecule has 1 aromatic rings. The Morgan fingerprint density at radius 1 is 1.15 bits per heavy atom. The summed E-state index contributed by atoms with van der Waals surface area (Å²) < 4.78 is 21.1. The van der Waals surface area contributed by atoms with Crippen molar-refractivity contribution in [3.8, 4) is 11.5 Å². The number of esters is 2. The molecule has 1 aliphatic carbocycles. The van der Waals surface area contributed by atoms with Crippen LogP contribution in [0, 0.1) is 17.8 Å². The van der Waals surface area contributed by atoms with Crippen LogP contribution < -0.4 is 9.47 Å². The molecule has 0 radical (unpaired) electrons. The molecule has 2 rings (SSSR count). The van der Waals surface area contributed by atoms with E-state index in [0.717, 1.165) is 19.3 Å². The maximum absolute atomic E-state index is 12.3. The van der Waals surface area contributed by atoms with Gasteiger partial charge in [-0.3, -0.25) is 0 Å². The molecule has 0 amide bonds. The van der Waals surface area contributed by atoms with Gasteiger partial charge < -0.3 is 18.9 Å². The van der Waals surface area contributed by atoms with E-state index in [4.69, 9.17) is 18.9 Å². The summed E-state index contributed by atoms with van der Waals surface area (Å²) >= 11 is 0. The van der Waals surface area contributed by atoms with Gasteiger partial charge in [0.2, 0.25) is 0 Å². The lowest BCUT2D eigenvalue weighted by atomic mass is 9.75. The fourth-order valence-electron chi connectivity index (χ4n) is 3.62. The van der Waals surface area contributed by atoms with E-state index in [2.05, 4.69) is 20.8 Å². The lowest BCUT2D eigenvalue weighted by Gasteiger charge is -2.36. The molecule has 0 bridgehead atoms. The van der Waals surface area contributed by atoms with Gasteiger partial charge in [0.15, 0.2) is 6.61 Å². The molecule has 1 fully saturated rings. The predicted octanol–water partition coefficient (Wildman–Crippen LogP) is 3.86. The lowest BCUT2D eigenvalue weighted by Crippen LogP contribution is -2.36. The third-order valence-corrected chi connectivity index (χ3v) is 5.19. The molecule has 1 saturated carbocycles. The first-order valence-corrected chi connectivity index (χ1v) is 9.44. The van der Waals surface area contributed by atoms with Gasteiger partial charge in [0.05, 0.1) is 14.2 Å². The zero-order valence-electron chi connectivity index (χ0n) is 16.8. The van der Waals surface area contributed by atoms with E-state index >= 15 is 0 Å². The summed E-state index contributed by atoms with van der Waals surface area (Å²) in [6.45, 7) is 6.06. The van der Waals surface area contributed by atoms with Gasteiger partial charge in [-0.15, -0.1) is 0 Å². The van der Waals surface area contributed by atoms with Crippen LogP contribution in [0.3, 0.4) is 0 Å². The molecule has 150 valence electrons. The van der Waals surface area contributed by atoms with Crippen LogP contribution >= 0.6 is 0 Å². The molecule has 0 aliphatic heterocycles. The van der Waals surface area contributed by atoms with Crippen molar-refractivity contribution in [3.63, 3.8) is 0 Å². The average Bonchev–Trinajstić information content (AvgIpc) is 2.65. The minimum Gasteiger partial charge on any atom is -0.497 e. The molecule has 0 heterocycles. The summed E-state index contributed by atoms with van der Waals surface area (Å²) in [5.74, 6) is 1.07. The summed E-state index contributed by atoms with van der Waals surface area (Å²) in [6.07, 6.45) is 2.95. The first-order chi connectivity index (χ1) is 12.8. The largest absolute Gasteiger partial charge is 0.497 e. The second-order valence-electron chi connectivity index (χ2n) is 7.50.